The zero-order valence-electron chi connectivity index (χ0n) is 10.6. The normalized spacial score (nSPS) is 26.9. The number of alkyl halides is 3. The van der Waals surface area contributed by atoms with Crippen LogP contribution in [0.5, 0.6) is 0 Å². The molecule has 2 nitrogen and oxygen atoms in total. The fraction of sp³-hybridized carbons (Fsp3) is 0.571. The van der Waals surface area contributed by atoms with Gasteiger partial charge in [0.1, 0.15) is 0 Å². The van der Waals surface area contributed by atoms with Gasteiger partial charge in [0.15, 0.2) is 0 Å². The smallest absolute Gasteiger partial charge is 0.385 e. The fourth-order valence-corrected chi connectivity index (χ4v) is 3.23. The maximum atomic E-state index is 12.8. The number of anilines is 1. The van der Waals surface area contributed by atoms with Crippen LogP contribution >= 0.6 is 0 Å². The second-order valence-corrected chi connectivity index (χ2v) is 5.37. The van der Waals surface area contributed by atoms with Gasteiger partial charge in [-0.25, -0.2) is 0 Å². The van der Waals surface area contributed by atoms with Crippen LogP contribution in [-0.2, 0) is 6.18 Å². The standard InChI is InChI=1S/C14H17F3N2/c15-14(16,17)10-1-2-13-12(7-10)11(4-6-19-13)9-3-5-18-8-9/h1-2,7,9,11,18-19H,3-6,8H2. The number of hydrogen-bond donors (Lipinski definition) is 2. The molecule has 2 aliphatic heterocycles. The first-order valence-corrected chi connectivity index (χ1v) is 6.71. The Balaban J connectivity index is 1.97. The van der Waals surface area contributed by atoms with Crippen LogP contribution in [0, 0.1) is 5.92 Å². The van der Waals surface area contributed by atoms with Crippen molar-refractivity contribution in [3.05, 3.63) is 29.3 Å². The number of hydrogen-bond acceptors (Lipinski definition) is 2. The van der Waals surface area contributed by atoms with E-state index >= 15 is 0 Å². The minimum atomic E-state index is -4.26. The molecule has 0 radical (unpaired) electrons. The highest BCUT2D eigenvalue weighted by molar-refractivity contribution is 5.57. The quantitative estimate of drug-likeness (QED) is 0.818. The Hall–Kier alpha value is -1.23. The molecule has 0 bridgehead atoms. The van der Waals surface area contributed by atoms with Crippen LogP contribution < -0.4 is 10.6 Å². The van der Waals surface area contributed by atoms with Gasteiger partial charge >= 0.3 is 6.18 Å². The lowest BCUT2D eigenvalue weighted by Crippen LogP contribution is -2.25. The average Bonchev–Trinajstić information content (AvgIpc) is 2.90. The van der Waals surface area contributed by atoms with Crippen molar-refractivity contribution in [2.24, 2.45) is 5.92 Å². The molecule has 0 spiro atoms. The minimum absolute atomic E-state index is 0.244. The lowest BCUT2D eigenvalue weighted by atomic mass is 9.80. The van der Waals surface area contributed by atoms with Crippen molar-refractivity contribution in [1.29, 1.82) is 0 Å². The second-order valence-electron chi connectivity index (χ2n) is 5.37. The van der Waals surface area contributed by atoms with E-state index in [-0.39, 0.29) is 5.92 Å². The minimum Gasteiger partial charge on any atom is -0.385 e. The van der Waals surface area contributed by atoms with E-state index < -0.39 is 11.7 Å². The topological polar surface area (TPSA) is 24.1 Å². The van der Waals surface area contributed by atoms with Crippen molar-refractivity contribution in [2.75, 3.05) is 25.0 Å². The number of fused-ring (bicyclic) bond motifs is 1. The molecule has 2 aliphatic rings. The predicted octanol–water partition coefficient (Wildman–Crippen LogP) is 3.21. The van der Waals surface area contributed by atoms with Crippen LogP contribution in [0.15, 0.2) is 18.2 Å². The second kappa shape index (κ2) is 4.71. The molecule has 2 atom stereocenters. The summed E-state index contributed by atoms with van der Waals surface area (Å²) in [4.78, 5) is 0. The van der Waals surface area contributed by atoms with E-state index in [0.29, 0.717) is 5.92 Å². The number of halogens is 3. The Bertz CT molecular complexity index is 464. The molecule has 1 saturated heterocycles. The summed E-state index contributed by atoms with van der Waals surface area (Å²) < 4.78 is 38.5. The summed E-state index contributed by atoms with van der Waals surface area (Å²) in [5, 5.41) is 6.51. The van der Waals surface area contributed by atoms with Crippen LogP contribution in [0.25, 0.3) is 0 Å². The molecular formula is C14H17F3N2. The number of nitrogens with one attached hydrogen (secondary N) is 2. The predicted molar refractivity (Wildman–Crippen MR) is 68.3 cm³/mol. The number of benzene rings is 1. The molecule has 3 rings (SSSR count). The molecule has 2 unspecified atom stereocenters. The van der Waals surface area contributed by atoms with Crippen LogP contribution in [0.2, 0.25) is 0 Å². The maximum absolute atomic E-state index is 12.8. The van der Waals surface area contributed by atoms with Gasteiger partial charge in [-0.05, 0) is 61.5 Å². The molecule has 1 fully saturated rings. The Morgan fingerprint density at radius 2 is 1.95 bits per heavy atom. The molecule has 1 aromatic carbocycles. The number of rotatable bonds is 1. The van der Waals surface area contributed by atoms with E-state index in [4.69, 9.17) is 0 Å². The molecule has 0 aromatic heterocycles. The van der Waals surface area contributed by atoms with Crippen molar-refractivity contribution in [1.82, 2.24) is 5.32 Å². The molecule has 0 amide bonds. The van der Waals surface area contributed by atoms with Gasteiger partial charge in [-0.1, -0.05) is 0 Å². The summed E-state index contributed by atoms with van der Waals surface area (Å²) >= 11 is 0. The van der Waals surface area contributed by atoms with E-state index in [0.717, 1.165) is 43.7 Å². The highest BCUT2D eigenvalue weighted by atomic mass is 19.4. The SMILES string of the molecule is FC(F)(F)c1ccc2c(c1)C(C1CCNC1)CCN2. The van der Waals surface area contributed by atoms with Crippen LogP contribution in [0.4, 0.5) is 18.9 Å². The third-order valence-electron chi connectivity index (χ3n) is 4.22. The highest BCUT2D eigenvalue weighted by Crippen LogP contribution is 2.41. The van der Waals surface area contributed by atoms with Crippen molar-refractivity contribution in [3.63, 3.8) is 0 Å². The molecule has 0 saturated carbocycles. The largest absolute Gasteiger partial charge is 0.416 e. The van der Waals surface area contributed by atoms with Gasteiger partial charge in [0, 0.05) is 12.2 Å². The molecule has 5 heteroatoms. The molecular weight excluding hydrogens is 253 g/mol. The Kier molecular flexibility index (Phi) is 3.17. The Labute approximate surface area is 110 Å². The van der Waals surface area contributed by atoms with Gasteiger partial charge in [-0.3, -0.25) is 0 Å². The Morgan fingerprint density at radius 1 is 1.11 bits per heavy atom. The van der Waals surface area contributed by atoms with E-state index in [1.54, 1.807) is 6.07 Å². The van der Waals surface area contributed by atoms with Crippen molar-refractivity contribution >= 4 is 5.69 Å². The van der Waals surface area contributed by atoms with Gasteiger partial charge in [-0.2, -0.15) is 13.2 Å². The molecule has 0 aliphatic carbocycles. The molecule has 104 valence electrons. The summed E-state index contributed by atoms with van der Waals surface area (Å²) in [5.41, 5.74) is 1.18. The van der Waals surface area contributed by atoms with Gasteiger partial charge in [0.05, 0.1) is 5.56 Å². The average molecular weight is 270 g/mol. The molecule has 2 heterocycles. The van der Waals surface area contributed by atoms with Crippen molar-refractivity contribution < 1.29 is 13.2 Å². The Morgan fingerprint density at radius 3 is 2.63 bits per heavy atom. The fourth-order valence-electron chi connectivity index (χ4n) is 3.23. The van der Waals surface area contributed by atoms with Crippen molar-refractivity contribution in [2.45, 2.75) is 24.9 Å². The lowest BCUT2D eigenvalue weighted by molar-refractivity contribution is -0.137. The van der Waals surface area contributed by atoms with Gasteiger partial charge < -0.3 is 10.6 Å². The van der Waals surface area contributed by atoms with Gasteiger partial charge in [0.25, 0.3) is 0 Å². The zero-order chi connectivity index (χ0) is 13.5. The monoisotopic (exact) mass is 270 g/mol. The van der Waals surface area contributed by atoms with Crippen LogP contribution in [0.3, 0.4) is 0 Å². The summed E-state index contributed by atoms with van der Waals surface area (Å²) in [7, 11) is 0. The van der Waals surface area contributed by atoms with E-state index in [1.165, 1.54) is 12.1 Å². The van der Waals surface area contributed by atoms with Gasteiger partial charge in [-0.15, -0.1) is 0 Å². The zero-order valence-corrected chi connectivity index (χ0v) is 10.6. The van der Waals surface area contributed by atoms with Crippen LogP contribution in [0.1, 0.15) is 29.9 Å². The first-order chi connectivity index (χ1) is 9.05. The third kappa shape index (κ3) is 2.43. The summed E-state index contributed by atoms with van der Waals surface area (Å²) in [6.07, 6.45) is -2.29. The van der Waals surface area contributed by atoms with E-state index in [2.05, 4.69) is 10.6 Å². The van der Waals surface area contributed by atoms with E-state index in [9.17, 15) is 13.2 Å². The van der Waals surface area contributed by atoms with Crippen molar-refractivity contribution in [3.8, 4) is 0 Å². The van der Waals surface area contributed by atoms with Crippen LogP contribution in [-0.4, -0.2) is 19.6 Å². The summed E-state index contributed by atoms with van der Waals surface area (Å²) in [6, 6.07) is 4.08. The first-order valence-electron chi connectivity index (χ1n) is 6.71. The summed E-state index contributed by atoms with van der Waals surface area (Å²) in [5.74, 6) is 0.706. The molecule has 1 aromatic rings. The summed E-state index contributed by atoms with van der Waals surface area (Å²) in [6.45, 7) is 2.74. The van der Waals surface area contributed by atoms with Gasteiger partial charge in [0.2, 0.25) is 0 Å². The molecule has 19 heavy (non-hydrogen) atoms. The lowest BCUT2D eigenvalue weighted by Gasteiger charge is -2.31. The molecule has 2 N–H and O–H groups in total. The highest BCUT2D eigenvalue weighted by Gasteiger charge is 2.35. The first kappa shape index (κ1) is 12.8. The third-order valence-corrected chi connectivity index (χ3v) is 4.22. The van der Waals surface area contributed by atoms with E-state index in [1.807, 2.05) is 0 Å². The maximum Gasteiger partial charge on any atom is 0.416 e.